The van der Waals surface area contributed by atoms with E-state index in [2.05, 4.69) is 21.7 Å². The predicted octanol–water partition coefficient (Wildman–Crippen LogP) is 6.06. The minimum absolute atomic E-state index is 0.337. The van der Waals surface area contributed by atoms with Crippen LogP contribution in [0, 0.1) is 11.3 Å². The lowest BCUT2D eigenvalue weighted by molar-refractivity contribution is -0.113. The van der Waals surface area contributed by atoms with Gasteiger partial charge in [-0.1, -0.05) is 47.5 Å². The molecule has 0 saturated carbocycles. The number of methoxy groups -OCH3 is 1. The number of rotatable bonds is 5. The number of ether oxygens (including phenoxy) is 1. The average molecular weight is 531 g/mol. The van der Waals surface area contributed by atoms with E-state index in [0.717, 1.165) is 5.56 Å². The smallest absolute Gasteiger partial charge is 0.255 e. The second-order valence-electron chi connectivity index (χ2n) is 8.28. The van der Waals surface area contributed by atoms with Crippen LogP contribution in [0.2, 0.25) is 10.0 Å². The Bertz CT molecular complexity index is 1590. The highest BCUT2D eigenvalue weighted by Crippen LogP contribution is 2.38. The number of fused-ring (bicyclic) bond motifs is 1. The molecule has 4 aromatic rings. The first-order valence-corrected chi connectivity index (χ1v) is 12.0. The molecule has 1 aliphatic rings. The zero-order valence-electron chi connectivity index (χ0n) is 19.8. The molecule has 1 aliphatic heterocycles. The molecule has 5 rings (SSSR count). The first-order chi connectivity index (χ1) is 17.9. The standard InChI is InChI=1S/C27H20Cl2N6O2/c1-15-23(26(36)32-21-5-3-4-6-22(21)37-2)24(17-9-7-16(14-30)8-10-17)35-27(31-15)33-25(34-35)19-12-11-18(28)13-20(19)29/h3-13,24H,1-2H3,(H,32,36)(H,31,33,34). The largest absolute Gasteiger partial charge is 0.495 e. The fraction of sp³-hybridized carbons (Fsp3) is 0.111. The number of nitrogens with zero attached hydrogens (tertiary/aromatic N) is 4. The van der Waals surface area contributed by atoms with Crippen molar-refractivity contribution >= 4 is 40.7 Å². The van der Waals surface area contributed by atoms with Crippen LogP contribution in [0.1, 0.15) is 24.1 Å². The molecule has 37 heavy (non-hydrogen) atoms. The number of hydrogen-bond acceptors (Lipinski definition) is 6. The van der Waals surface area contributed by atoms with Gasteiger partial charge >= 0.3 is 0 Å². The van der Waals surface area contributed by atoms with Crippen LogP contribution < -0.4 is 15.4 Å². The summed E-state index contributed by atoms with van der Waals surface area (Å²) in [6, 6.07) is 20.8. The van der Waals surface area contributed by atoms with E-state index in [4.69, 9.17) is 33.0 Å². The number of halogens is 2. The minimum atomic E-state index is -0.633. The van der Waals surface area contributed by atoms with Gasteiger partial charge in [0.1, 0.15) is 11.8 Å². The van der Waals surface area contributed by atoms with E-state index in [-0.39, 0.29) is 5.91 Å². The third-order valence-corrected chi connectivity index (χ3v) is 6.53. The maximum absolute atomic E-state index is 13.7. The molecule has 184 valence electrons. The van der Waals surface area contributed by atoms with Crippen LogP contribution >= 0.6 is 23.2 Å². The summed E-state index contributed by atoms with van der Waals surface area (Å²) in [7, 11) is 1.54. The van der Waals surface area contributed by atoms with Crippen LogP contribution in [0.3, 0.4) is 0 Å². The van der Waals surface area contributed by atoms with Gasteiger partial charge in [-0.05, 0) is 55.0 Å². The molecule has 0 aliphatic carbocycles. The van der Waals surface area contributed by atoms with E-state index in [1.54, 1.807) is 73.3 Å². The number of nitrogens with one attached hydrogen (secondary N) is 2. The van der Waals surface area contributed by atoms with Crippen LogP contribution in [0.15, 0.2) is 78.0 Å². The highest BCUT2D eigenvalue weighted by molar-refractivity contribution is 6.36. The maximum Gasteiger partial charge on any atom is 0.255 e. The predicted molar refractivity (Wildman–Crippen MR) is 143 cm³/mol. The summed E-state index contributed by atoms with van der Waals surface area (Å²) >= 11 is 12.5. The first-order valence-electron chi connectivity index (χ1n) is 11.2. The Labute approximate surface area is 223 Å². The minimum Gasteiger partial charge on any atom is -0.495 e. The van der Waals surface area contributed by atoms with Gasteiger partial charge in [-0.3, -0.25) is 4.79 Å². The molecule has 1 amide bonds. The van der Waals surface area contributed by atoms with Gasteiger partial charge in [0.25, 0.3) is 5.91 Å². The average Bonchev–Trinajstić information content (AvgIpc) is 3.31. The number of amides is 1. The molecule has 8 nitrogen and oxygen atoms in total. The van der Waals surface area contributed by atoms with Crippen molar-refractivity contribution in [3.8, 4) is 23.2 Å². The second-order valence-corrected chi connectivity index (χ2v) is 9.13. The molecule has 2 heterocycles. The second kappa shape index (κ2) is 9.97. The first kappa shape index (κ1) is 24.4. The molecule has 1 atom stereocenters. The Kier molecular flexibility index (Phi) is 6.57. The van der Waals surface area contributed by atoms with Crippen molar-refractivity contribution in [1.29, 1.82) is 5.26 Å². The molecule has 10 heteroatoms. The van der Waals surface area contributed by atoms with E-state index >= 15 is 0 Å². The lowest BCUT2D eigenvalue weighted by atomic mass is 9.94. The Morgan fingerprint density at radius 2 is 1.89 bits per heavy atom. The van der Waals surface area contributed by atoms with Crippen molar-refractivity contribution in [3.05, 3.63) is 99.2 Å². The summed E-state index contributed by atoms with van der Waals surface area (Å²) < 4.78 is 7.04. The van der Waals surface area contributed by atoms with E-state index in [1.807, 2.05) is 12.1 Å². The molecule has 2 N–H and O–H groups in total. The van der Waals surface area contributed by atoms with Crippen LogP contribution in [0.5, 0.6) is 5.75 Å². The van der Waals surface area contributed by atoms with Crippen LogP contribution in [-0.4, -0.2) is 27.8 Å². The Hall–Kier alpha value is -4.32. The summed E-state index contributed by atoms with van der Waals surface area (Å²) in [6.45, 7) is 1.81. The van der Waals surface area contributed by atoms with E-state index in [0.29, 0.717) is 55.7 Å². The maximum atomic E-state index is 13.7. The Morgan fingerprint density at radius 1 is 1.14 bits per heavy atom. The van der Waals surface area contributed by atoms with Gasteiger partial charge in [0.05, 0.1) is 35.0 Å². The number of nitriles is 1. The fourth-order valence-corrected chi connectivity index (χ4v) is 4.71. The van der Waals surface area contributed by atoms with E-state index in [9.17, 15) is 10.1 Å². The van der Waals surface area contributed by atoms with Crippen molar-refractivity contribution < 1.29 is 9.53 Å². The summed E-state index contributed by atoms with van der Waals surface area (Å²) in [6.07, 6.45) is 0. The summed E-state index contributed by atoms with van der Waals surface area (Å²) in [5, 5.41) is 21.1. The number of para-hydroxylation sites is 2. The quantitative estimate of drug-likeness (QED) is 0.325. The van der Waals surface area contributed by atoms with Crippen molar-refractivity contribution in [2.24, 2.45) is 0 Å². The molecule has 3 aromatic carbocycles. The number of allylic oxidation sites excluding steroid dienone is 1. The van der Waals surface area contributed by atoms with E-state index in [1.165, 1.54) is 0 Å². The highest BCUT2D eigenvalue weighted by atomic mass is 35.5. The van der Waals surface area contributed by atoms with Gasteiger partial charge < -0.3 is 15.4 Å². The highest BCUT2D eigenvalue weighted by Gasteiger charge is 2.35. The summed E-state index contributed by atoms with van der Waals surface area (Å²) in [5.74, 6) is 1.02. The third-order valence-electron chi connectivity index (χ3n) is 5.98. The summed E-state index contributed by atoms with van der Waals surface area (Å²) in [4.78, 5) is 18.4. The van der Waals surface area contributed by atoms with Crippen molar-refractivity contribution in [2.45, 2.75) is 13.0 Å². The number of anilines is 2. The number of aromatic nitrogens is 3. The van der Waals surface area contributed by atoms with Gasteiger partial charge in [-0.2, -0.15) is 10.2 Å². The van der Waals surface area contributed by atoms with Gasteiger partial charge in [0.15, 0.2) is 5.82 Å². The molecular formula is C27H20Cl2N6O2. The van der Waals surface area contributed by atoms with E-state index < -0.39 is 6.04 Å². The normalized spacial score (nSPS) is 14.4. The molecule has 0 saturated heterocycles. The Morgan fingerprint density at radius 3 is 2.59 bits per heavy atom. The molecule has 1 aromatic heterocycles. The molecule has 0 spiro atoms. The van der Waals surface area contributed by atoms with Crippen LogP contribution in [0.4, 0.5) is 11.6 Å². The monoisotopic (exact) mass is 530 g/mol. The number of carbonyl (C=O) groups excluding carboxylic acids is 1. The van der Waals surface area contributed by atoms with Crippen molar-refractivity contribution in [2.75, 3.05) is 17.7 Å². The lowest BCUT2D eigenvalue weighted by Gasteiger charge is -2.28. The fourth-order valence-electron chi connectivity index (χ4n) is 4.22. The molecule has 0 radical (unpaired) electrons. The topological polar surface area (TPSA) is 105 Å². The molecule has 0 fully saturated rings. The Balaban J connectivity index is 1.62. The molecular weight excluding hydrogens is 511 g/mol. The van der Waals surface area contributed by atoms with Gasteiger partial charge in [-0.15, -0.1) is 5.10 Å². The van der Waals surface area contributed by atoms with Crippen molar-refractivity contribution in [1.82, 2.24) is 14.8 Å². The molecule has 0 bridgehead atoms. The van der Waals surface area contributed by atoms with Gasteiger partial charge in [0.2, 0.25) is 5.95 Å². The van der Waals surface area contributed by atoms with Gasteiger partial charge in [-0.25, -0.2) is 4.68 Å². The van der Waals surface area contributed by atoms with Crippen LogP contribution in [0.25, 0.3) is 11.4 Å². The SMILES string of the molecule is COc1ccccc1NC(=O)C1=C(C)Nc2nc(-c3ccc(Cl)cc3Cl)nn2C1c1ccc(C#N)cc1. The van der Waals surface area contributed by atoms with Gasteiger partial charge in [0, 0.05) is 16.3 Å². The zero-order chi connectivity index (χ0) is 26.1. The number of carbonyl (C=O) groups is 1. The lowest BCUT2D eigenvalue weighted by Crippen LogP contribution is -2.31. The molecule has 1 unspecified atom stereocenters. The number of hydrogen-bond donors (Lipinski definition) is 2. The van der Waals surface area contributed by atoms with Crippen molar-refractivity contribution in [3.63, 3.8) is 0 Å². The van der Waals surface area contributed by atoms with Crippen LogP contribution in [-0.2, 0) is 4.79 Å². The number of benzene rings is 3. The summed E-state index contributed by atoms with van der Waals surface area (Å²) in [5.41, 5.74) is 3.44. The zero-order valence-corrected chi connectivity index (χ0v) is 21.3. The third kappa shape index (κ3) is 4.62.